The number of nitrogens with zero attached hydrogens (tertiary/aromatic N) is 2. The molecule has 1 atom stereocenters. The van der Waals surface area contributed by atoms with Gasteiger partial charge in [-0.25, -0.2) is 4.79 Å². The standard InChI is InChI=1S/C18H24N4O2/c1-22-17-9-5-8-16(15(17)11-20-22)21-18(23)19-10-13-6-3-4-7-14(13)12-24-2/h3-4,6-7,11,16H,5,8-10,12H2,1-2H3,(H2,19,21,23)/t16-/m1/s1. The minimum Gasteiger partial charge on any atom is -0.380 e. The molecule has 1 aliphatic rings. The molecule has 0 aliphatic heterocycles. The number of benzene rings is 1. The fourth-order valence-electron chi connectivity index (χ4n) is 3.27. The number of amides is 2. The maximum atomic E-state index is 12.3. The van der Waals surface area contributed by atoms with Crippen molar-refractivity contribution in [3.8, 4) is 0 Å². The molecule has 6 nitrogen and oxygen atoms in total. The second-order valence-corrected chi connectivity index (χ2v) is 6.14. The molecule has 2 aromatic rings. The third-order valence-corrected chi connectivity index (χ3v) is 4.54. The van der Waals surface area contributed by atoms with Crippen molar-refractivity contribution in [3.63, 3.8) is 0 Å². The predicted octanol–water partition coefficient (Wildman–Crippen LogP) is 2.44. The van der Waals surface area contributed by atoms with Crippen LogP contribution < -0.4 is 10.6 Å². The summed E-state index contributed by atoms with van der Waals surface area (Å²) >= 11 is 0. The smallest absolute Gasteiger partial charge is 0.315 e. The van der Waals surface area contributed by atoms with Gasteiger partial charge >= 0.3 is 6.03 Å². The van der Waals surface area contributed by atoms with Crippen molar-refractivity contribution in [2.45, 2.75) is 38.5 Å². The van der Waals surface area contributed by atoms with Gasteiger partial charge in [0.25, 0.3) is 0 Å². The molecule has 2 amide bonds. The molecule has 6 heteroatoms. The number of ether oxygens (including phenoxy) is 1. The van der Waals surface area contributed by atoms with Gasteiger partial charge in [-0.2, -0.15) is 5.10 Å². The zero-order valence-electron chi connectivity index (χ0n) is 14.2. The number of carbonyl (C=O) groups is 1. The molecule has 0 fully saturated rings. The topological polar surface area (TPSA) is 68.2 Å². The Balaban J connectivity index is 1.59. The van der Waals surface area contributed by atoms with Gasteiger partial charge in [0, 0.05) is 32.0 Å². The molecule has 0 saturated carbocycles. The van der Waals surface area contributed by atoms with Crippen molar-refractivity contribution < 1.29 is 9.53 Å². The summed E-state index contributed by atoms with van der Waals surface area (Å²) in [5, 5.41) is 10.3. The maximum Gasteiger partial charge on any atom is 0.315 e. The molecule has 0 bridgehead atoms. The number of methoxy groups -OCH3 is 1. The Bertz CT molecular complexity index is 711. The van der Waals surface area contributed by atoms with Gasteiger partial charge in [0.1, 0.15) is 0 Å². The highest BCUT2D eigenvalue weighted by Crippen LogP contribution is 2.28. The minimum atomic E-state index is -0.149. The number of aromatic nitrogens is 2. The van der Waals surface area contributed by atoms with Crippen LogP contribution in [0.25, 0.3) is 0 Å². The van der Waals surface area contributed by atoms with Crippen LogP contribution in [0.5, 0.6) is 0 Å². The molecule has 2 N–H and O–H groups in total. The van der Waals surface area contributed by atoms with Crippen LogP contribution in [0.3, 0.4) is 0 Å². The zero-order valence-corrected chi connectivity index (χ0v) is 14.2. The van der Waals surface area contributed by atoms with E-state index in [1.165, 1.54) is 5.69 Å². The zero-order chi connectivity index (χ0) is 16.9. The molecular formula is C18H24N4O2. The Morgan fingerprint density at radius 2 is 2.17 bits per heavy atom. The number of fused-ring (bicyclic) bond motifs is 1. The summed E-state index contributed by atoms with van der Waals surface area (Å²) in [6.45, 7) is 1.03. The fraction of sp³-hybridized carbons (Fsp3) is 0.444. The summed E-state index contributed by atoms with van der Waals surface area (Å²) in [5.41, 5.74) is 4.52. The highest BCUT2D eigenvalue weighted by Gasteiger charge is 2.24. The summed E-state index contributed by atoms with van der Waals surface area (Å²) in [6, 6.07) is 7.86. The maximum absolute atomic E-state index is 12.3. The van der Waals surface area contributed by atoms with Crippen LogP contribution in [0.4, 0.5) is 4.79 Å². The lowest BCUT2D eigenvalue weighted by Gasteiger charge is -2.24. The Morgan fingerprint density at radius 1 is 1.38 bits per heavy atom. The second-order valence-electron chi connectivity index (χ2n) is 6.14. The second kappa shape index (κ2) is 7.49. The van der Waals surface area contributed by atoms with E-state index >= 15 is 0 Å². The van der Waals surface area contributed by atoms with E-state index in [0.29, 0.717) is 13.2 Å². The number of aryl methyl sites for hydroxylation is 1. The summed E-state index contributed by atoms with van der Waals surface area (Å²) in [6.07, 6.45) is 4.91. The van der Waals surface area contributed by atoms with Crippen molar-refractivity contribution in [2.75, 3.05) is 7.11 Å². The van der Waals surface area contributed by atoms with Crippen LogP contribution >= 0.6 is 0 Å². The molecule has 0 radical (unpaired) electrons. The molecule has 1 aromatic carbocycles. The first-order valence-electron chi connectivity index (χ1n) is 8.30. The van der Waals surface area contributed by atoms with Crippen LogP contribution in [0, 0.1) is 0 Å². The Kier molecular flexibility index (Phi) is 5.15. The lowest BCUT2D eigenvalue weighted by atomic mass is 9.93. The molecule has 0 saturated heterocycles. The monoisotopic (exact) mass is 328 g/mol. The van der Waals surface area contributed by atoms with Crippen LogP contribution in [-0.4, -0.2) is 22.9 Å². The summed E-state index contributed by atoms with van der Waals surface area (Å²) < 4.78 is 7.11. The van der Waals surface area contributed by atoms with E-state index in [9.17, 15) is 4.79 Å². The third-order valence-electron chi connectivity index (χ3n) is 4.54. The third kappa shape index (κ3) is 3.59. The van der Waals surface area contributed by atoms with Crippen LogP contribution in [0.15, 0.2) is 30.5 Å². The first kappa shape index (κ1) is 16.5. The molecule has 1 aromatic heterocycles. The van der Waals surface area contributed by atoms with Crippen molar-refractivity contribution in [3.05, 3.63) is 52.8 Å². The molecule has 0 unspecified atom stereocenters. The molecular weight excluding hydrogens is 304 g/mol. The highest BCUT2D eigenvalue weighted by molar-refractivity contribution is 5.74. The summed E-state index contributed by atoms with van der Waals surface area (Å²) in [4.78, 5) is 12.3. The lowest BCUT2D eigenvalue weighted by Crippen LogP contribution is -2.38. The van der Waals surface area contributed by atoms with E-state index in [1.54, 1.807) is 7.11 Å². The van der Waals surface area contributed by atoms with Gasteiger partial charge in [-0.1, -0.05) is 24.3 Å². The van der Waals surface area contributed by atoms with Gasteiger partial charge < -0.3 is 15.4 Å². The van der Waals surface area contributed by atoms with Crippen LogP contribution in [-0.2, 0) is 31.4 Å². The van der Waals surface area contributed by atoms with Crippen LogP contribution in [0.1, 0.15) is 41.3 Å². The lowest BCUT2D eigenvalue weighted by molar-refractivity contribution is 0.184. The number of hydrogen-bond acceptors (Lipinski definition) is 3. The number of carbonyl (C=O) groups excluding carboxylic acids is 1. The van der Waals surface area contributed by atoms with Gasteiger partial charge in [-0.15, -0.1) is 0 Å². The van der Waals surface area contributed by atoms with E-state index in [-0.39, 0.29) is 12.1 Å². The van der Waals surface area contributed by atoms with E-state index in [2.05, 4.69) is 15.7 Å². The summed E-state index contributed by atoms with van der Waals surface area (Å²) in [7, 11) is 3.62. The van der Waals surface area contributed by atoms with Crippen LogP contribution in [0.2, 0.25) is 0 Å². The Morgan fingerprint density at radius 3 is 2.96 bits per heavy atom. The SMILES string of the molecule is COCc1ccccc1CNC(=O)N[C@@H]1CCCc2c1cnn2C. The van der Waals surface area contributed by atoms with Gasteiger partial charge in [0.2, 0.25) is 0 Å². The van der Waals surface area contributed by atoms with Gasteiger partial charge in [0.05, 0.1) is 18.8 Å². The summed E-state index contributed by atoms with van der Waals surface area (Å²) in [5.74, 6) is 0. The number of rotatable bonds is 5. The molecule has 128 valence electrons. The fourth-order valence-corrected chi connectivity index (χ4v) is 3.27. The molecule has 3 rings (SSSR count). The highest BCUT2D eigenvalue weighted by atomic mass is 16.5. The minimum absolute atomic E-state index is 0.0386. The first-order chi connectivity index (χ1) is 11.7. The average molecular weight is 328 g/mol. The quantitative estimate of drug-likeness (QED) is 0.886. The Hall–Kier alpha value is -2.34. The normalized spacial score (nSPS) is 16.5. The van der Waals surface area contributed by atoms with E-state index < -0.39 is 0 Å². The largest absolute Gasteiger partial charge is 0.380 e. The van der Waals surface area contributed by atoms with Crippen molar-refractivity contribution in [1.82, 2.24) is 20.4 Å². The van der Waals surface area contributed by atoms with Crippen molar-refractivity contribution >= 4 is 6.03 Å². The van der Waals surface area contributed by atoms with E-state index in [0.717, 1.165) is 36.0 Å². The van der Waals surface area contributed by atoms with Gasteiger partial charge in [0.15, 0.2) is 0 Å². The Labute approximate surface area is 142 Å². The average Bonchev–Trinajstić information content (AvgIpc) is 2.97. The molecule has 0 spiro atoms. The number of urea groups is 1. The predicted molar refractivity (Wildman–Crippen MR) is 91.4 cm³/mol. The van der Waals surface area contributed by atoms with Gasteiger partial charge in [-0.3, -0.25) is 4.68 Å². The van der Waals surface area contributed by atoms with Crippen molar-refractivity contribution in [2.24, 2.45) is 7.05 Å². The van der Waals surface area contributed by atoms with Crippen molar-refractivity contribution in [1.29, 1.82) is 0 Å². The molecule has 1 heterocycles. The van der Waals surface area contributed by atoms with E-state index in [1.807, 2.05) is 42.2 Å². The number of nitrogens with one attached hydrogen (secondary N) is 2. The van der Waals surface area contributed by atoms with E-state index in [4.69, 9.17) is 4.74 Å². The number of hydrogen-bond donors (Lipinski definition) is 2. The van der Waals surface area contributed by atoms with Gasteiger partial charge in [-0.05, 0) is 30.4 Å². The first-order valence-corrected chi connectivity index (χ1v) is 8.30. The molecule has 1 aliphatic carbocycles. The molecule has 24 heavy (non-hydrogen) atoms.